The minimum absolute atomic E-state index is 0.161. The van der Waals surface area contributed by atoms with E-state index in [1.165, 1.54) is 29.6 Å². The van der Waals surface area contributed by atoms with Crippen LogP contribution < -0.4 is 20.7 Å². The minimum Gasteiger partial charge on any atom is -0.490 e. The predicted octanol–water partition coefficient (Wildman–Crippen LogP) is 1.22. The number of imidazole rings is 1. The van der Waals surface area contributed by atoms with Crippen LogP contribution in [0.3, 0.4) is 0 Å². The van der Waals surface area contributed by atoms with E-state index < -0.39 is 17.2 Å². The summed E-state index contributed by atoms with van der Waals surface area (Å²) < 4.78 is 14.7. The summed E-state index contributed by atoms with van der Waals surface area (Å²) in [5, 5.41) is 0. The Hall–Kier alpha value is -3.36. The van der Waals surface area contributed by atoms with Crippen LogP contribution in [0.15, 0.2) is 40.2 Å². The standard InChI is InChI=1S/C19H22N4O5/c1-4-5-10-27-13-8-6-7-9-14(13)28-15(24)11-23-12-20-17-16(23)18(25)22(3)19(26)21(17)2/h6-9,12H,4-5,10-11H2,1-3H3. The summed E-state index contributed by atoms with van der Waals surface area (Å²) >= 11 is 0. The van der Waals surface area contributed by atoms with E-state index in [1.807, 2.05) is 0 Å². The lowest BCUT2D eigenvalue weighted by Crippen LogP contribution is -2.37. The van der Waals surface area contributed by atoms with Crippen LogP contribution in [0.5, 0.6) is 11.5 Å². The van der Waals surface area contributed by atoms with Gasteiger partial charge in [-0.2, -0.15) is 0 Å². The number of nitrogens with zero attached hydrogens (tertiary/aromatic N) is 4. The van der Waals surface area contributed by atoms with Gasteiger partial charge in [0.15, 0.2) is 22.7 Å². The van der Waals surface area contributed by atoms with E-state index in [4.69, 9.17) is 9.47 Å². The predicted molar refractivity (Wildman–Crippen MR) is 103 cm³/mol. The SMILES string of the molecule is CCCCOc1ccccc1OC(=O)Cn1cnc2c1c(=O)n(C)c(=O)n2C. The van der Waals surface area contributed by atoms with E-state index in [0.29, 0.717) is 18.1 Å². The van der Waals surface area contributed by atoms with Crippen molar-refractivity contribution in [3.63, 3.8) is 0 Å². The number of hydrogen-bond acceptors (Lipinski definition) is 6. The van der Waals surface area contributed by atoms with Gasteiger partial charge in [-0.25, -0.2) is 14.6 Å². The maximum absolute atomic E-state index is 12.5. The molecule has 2 aromatic heterocycles. The molecule has 0 saturated heterocycles. The van der Waals surface area contributed by atoms with Crippen LogP contribution in [0, 0.1) is 0 Å². The van der Waals surface area contributed by atoms with Crippen molar-refractivity contribution in [2.45, 2.75) is 26.3 Å². The maximum Gasteiger partial charge on any atom is 0.332 e. The number of rotatable bonds is 7. The van der Waals surface area contributed by atoms with Gasteiger partial charge in [-0.1, -0.05) is 25.5 Å². The monoisotopic (exact) mass is 386 g/mol. The Morgan fingerprint density at radius 1 is 1.11 bits per heavy atom. The van der Waals surface area contributed by atoms with Crippen molar-refractivity contribution in [1.29, 1.82) is 0 Å². The fraction of sp³-hybridized carbons (Fsp3) is 0.368. The smallest absolute Gasteiger partial charge is 0.332 e. The molecule has 0 aliphatic heterocycles. The number of esters is 1. The molecule has 0 saturated carbocycles. The molecule has 0 bridgehead atoms. The number of aromatic nitrogens is 4. The molecule has 2 heterocycles. The Balaban J connectivity index is 1.84. The minimum atomic E-state index is -0.582. The van der Waals surface area contributed by atoms with Gasteiger partial charge in [0.2, 0.25) is 0 Å². The average molecular weight is 386 g/mol. The van der Waals surface area contributed by atoms with Gasteiger partial charge in [-0.3, -0.25) is 13.9 Å². The van der Waals surface area contributed by atoms with Crippen LogP contribution in [-0.2, 0) is 25.4 Å². The van der Waals surface area contributed by atoms with Crippen LogP contribution >= 0.6 is 0 Å². The number of unbranched alkanes of at least 4 members (excludes halogenated alkanes) is 1. The Labute approximate surface area is 160 Å². The van der Waals surface area contributed by atoms with Gasteiger partial charge in [0.05, 0.1) is 12.9 Å². The Kier molecular flexibility index (Phi) is 5.62. The highest BCUT2D eigenvalue weighted by Crippen LogP contribution is 2.27. The molecule has 28 heavy (non-hydrogen) atoms. The molecular weight excluding hydrogens is 364 g/mol. The van der Waals surface area contributed by atoms with Gasteiger partial charge >= 0.3 is 11.7 Å². The third-order valence-corrected chi connectivity index (χ3v) is 4.35. The van der Waals surface area contributed by atoms with Crippen LogP contribution in [-0.4, -0.2) is 31.3 Å². The number of carbonyl (C=O) groups is 1. The van der Waals surface area contributed by atoms with Crippen molar-refractivity contribution in [2.24, 2.45) is 14.1 Å². The molecule has 9 nitrogen and oxygen atoms in total. The number of fused-ring (bicyclic) bond motifs is 1. The van der Waals surface area contributed by atoms with Crippen molar-refractivity contribution in [1.82, 2.24) is 18.7 Å². The molecule has 0 unspecified atom stereocenters. The molecule has 0 aliphatic rings. The summed E-state index contributed by atoms with van der Waals surface area (Å²) in [5.74, 6) is 0.216. The van der Waals surface area contributed by atoms with Gasteiger partial charge in [-0.05, 0) is 18.6 Å². The summed E-state index contributed by atoms with van der Waals surface area (Å²) in [6, 6.07) is 6.92. The topological polar surface area (TPSA) is 97.3 Å². The second-order valence-electron chi connectivity index (χ2n) is 6.37. The highest BCUT2D eigenvalue weighted by molar-refractivity contribution is 5.77. The molecule has 1 aromatic carbocycles. The maximum atomic E-state index is 12.5. The third-order valence-electron chi connectivity index (χ3n) is 4.35. The van der Waals surface area contributed by atoms with Crippen LogP contribution in [0.4, 0.5) is 0 Å². The normalized spacial score (nSPS) is 11.0. The molecule has 0 fully saturated rings. The zero-order valence-corrected chi connectivity index (χ0v) is 16.0. The van der Waals surface area contributed by atoms with E-state index in [-0.39, 0.29) is 17.7 Å². The lowest BCUT2D eigenvalue weighted by Gasteiger charge is -2.11. The van der Waals surface area contributed by atoms with Crippen molar-refractivity contribution < 1.29 is 14.3 Å². The molecule has 148 valence electrons. The summed E-state index contributed by atoms with van der Waals surface area (Å²) in [5.41, 5.74) is -0.631. The molecule has 0 aliphatic carbocycles. The van der Waals surface area contributed by atoms with Gasteiger partial charge in [0.25, 0.3) is 5.56 Å². The van der Waals surface area contributed by atoms with E-state index in [2.05, 4.69) is 11.9 Å². The first kappa shape index (κ1) is 19.4. The van der Waals surface area contributed by atoms with Crippen molar-refractivity contribution >= 4 is 17.1 Å². The molecule has 0 atom stereocenters. The van der Waals surface area contributed by atoms with Crippen molar-refractivity contribution in [3.8, 4) is 11.5 Å². The molecule has 3 aromatic rings. The van der Waals surface area contributed by atoms with E-state index >= 15 is 0 Å². The first-order valence-electron chi connectivity index (χ1n) is 8.97. The Morgan fingerprint density at radius 3 is 2.54 bits per heavy atom. The lowest BCUT2D eigenvalue weighted by molar-refractivity contribution is -0.135. The average Bonchev–Trinajstić information content (AvgIpc) is 3.09. The number of para-hydroxylation sites is 2. The fourth-order valence-corrected chi connectivity index (χ4v) is 2.79. The van der Waals surface area contributed by atoms with Crippen molar-refractivity contribution in [3.05, 3.63) is 51.4 Å². The second kappa shape index (κ2) is 8.12. The van der Waals surface area contributed by atoms with Gasteiger partial charge in [-0.15, -0.1) is 0 Å². The second-order valence-corrected chi connectivity index (χ2v) is 6.37. The quantitative estimate of drug-likeness (QED) is 0.344. The molecule has 9 heteroatoms. The first-order valence-corrected chi connectivity index (χ1v) is 8.97. The zero-order chi connectivity index (χ0) is 20.3. The summed E-state index contributed by atoms with van der Waals surface area (Å²) in [6.45, 7) is 2.36. The number of carbonyl (C=O) groups excluding carboxylic acids is 1. The molecule has 3 rings (SSSR count). The Bertz CT molecular complexity index is 1130. The summed E-state index contributed by atoms with van der Waals surface area (Å²) in [6.07, 6.45) is 3.23. The molecule has 0 spiro atoms. The van der Waals surface area contributed by atoms with Crippen LogP contribution in [0.2, 0.25) is 0 Å². The largest absolute Gasteiger partial charge is 0.490 e. The molecule has 0 amide bonds. The van der Waals surface area contributed by atoms with Gasteiger partial charge in [0, 0.05) is 14.1 Å². The zero-order valence-electron chi connectivity index (χ0n) is 16.0. The van der Waals surface area contributed by atoms with Gasteiger partial charge < -0.3 is 14.0 Å². The number of hydrogen-bond donors (Lipinski definition) is 0. The summed E-state index contributed by atoms with van der Waals surface area (Å²) in [4.78, 5) is 41.0. The number of ether oxygens (including phenoxy) is 2. The fourth-order valence-electron chi connectivity index (χ4n) is 2.79. The Morgan fingerprint density at radius 2 is 1.82 bits per heavy atom. The molecule has 0 radical (unpaired) electrons. The number of aryl methyl sites for hydroxylation is 1. The van der Waals surface area contributed by atoms with Crippen LogP contribution in [0.1, 0.15) is 19.8 Å². The first-order chi connectivity index (χ1) is 13.4. The third kappa shape index (κ3) is 3.68. The highest BCUT2D eigenvalue weighted by atomic mass is 16.6. The van der Waals surface area contributed by atoms with Crippen molar-refractivity contribution in [2.75, 3.05) is 6.61 Å². The van der Waals surface area contributed by atoms with E-state index in [0.717, 1.165) is 17.4 Å². The highest BCUT2D eigenvalue weighted by Gasteiger charge is 2.17. The van der Waals surface area contributed by atoms with Gasteiger partial charge in [0.1, 0.15) is 6.54 Å². The van der Waals surface area contributed by atoms with E-state index in [9.17, 15) is 14.4 Å². The molecular formula is C19H22N4O5. The van der Waals surface area contributed by atoms with E-state index in [1.54, 1.807) is 24.3 Å². The van der Waals surface area contributed by atoms with Crippen LogP contribution in [0.25, 0.3) is 11.2 Å². The lowest BCUT2D eigenvalue weighted by atomic mass is 10.3. The summed E-state index contributed by atoms with van der Waals surface area (Å²) in [7, 11) is 2.90. The molecule has 0 N–H and O–H groups in total. The number of benzene rings is 1.